The van der Waals surface area contributed by atoms with E-state index < -0.39 is 10.1 Å². The number of pyridine rings is 1. The van der Waals surface area contributed by atoms with Crippen molar-refractivity contribution in [3.63, 3.8) is 0 Å². The van der Waals surface area contributed by atoms with Gasteiger partial charge in [-0.3, -0.25) is 14.8 Å². The van der Waals surface area contributed by atoms with E-state index in [1.54, 1.807) is 35.0 Å². The summed E-state index contributed by atoms with van der Waals surface area (Å²) in [5.74, 6) is 4.67. The van der Waals surface area contributed by atoms with Crippen molar-refractivity contribution in [1.29, 1.82) is 0 Å². The van der Waals surface area contributed by atoms with E-state index in [1.807, 2.05) is 20.2 Å². The molecule has 0 unspecified atom stereocenters. The Bertz CT molecular complexity index is 743. The van der Waals surface area contributed by atoms with E-state index in [0.717, 1.165) is 5.56 Å². The van der Waals surface area contributed by atoms with E-state index in [-0.39, 0.29) is 10.8 Å². The summed E-state index contributed by atoms with van der Waals surface area (Å²) in [5, 5.41) is 0. The van der Waals surface area contributed by atoms with E-state index in [4.69, 9.17) is 10.4 Å². The molecule has 0 saturated heterocycles. The topological polar surface area (TPSA) is 113 Å². The van der Waals surface area contributed by atoms with Crippen molar-refractivity contribution in [2.75, 3.05) is 0 Å². The molecule has 1 aromatic carbocycles. The van der Waals surface area contributed by atoms with Gasteiger partial charge >= 0.3 is 0 Å². The van der Waals surface area contributed by atoms with Gasteiger partial charge in [-0.15, -0.1) is 0 Å². The molecule has 22 heavy (non-hydrogen) atoms. The van der Waals surface area contributed by atoms with Gasteiger partial charge in [-0.2, -0.15) is 8.42 Å². The predicted molar refractivity (Wildman–Crippen MR) is 80.3 cm³/mol. The Morgan fingerprint density at radius 1 is 1.23 bits per heavy atom. The van der Waals surface area contributed by atoms with Crippen LogP contribution in [0.1, 0.15) is 15.9 Å². The largest absolute Gasteiger partial charge is 0.294 e. The number of hydrogen-bond donors (Lipinski definition) is 3. The highest BCUT2D eigenvalue weighted by Crippen LogP contribution is 2.08. The molecule has 0 atom stereocenters. The van der Waals surface area contributed by atoms with Crippen LogP contribution in [0.4, 0.5) is 0 Å². The molecule has 0 aliphatic carbocycles. The summed E-state index contributed by atoms with van der Waals surface area (Å²) in [6.45, 7) is 1.84. The summed E-state index contributed by atoms with van der Waals surface area (Å²) in [7, 11) is -2.18. The standard InChI is InChI=1S/C7H9N3O.C7H8O3S/c1-10-4-2-3-6(5-10)7(11)9-8;1-6-2-4-7(5-3-6)11(8,9)10/h2-5H,8H2,1H3;2-5H,1H3,(H,8,9,10)/p+1. The minimum Gasteiger partial charge on any atom is -0.290 e. The van der Waals surface area contributed by atoms with Gasteiger partial charge in [-0.1, -0.05) is 17.7 Å². The minimum atomic E-state index is -4.02. The molecule has 0 bridgehead atoms. The van der Waals surface area contributed by atoms with E-state index in [0.29, 0.717) is 5.56 Å². The zero-order valence-electron chi connectivity index (χ0n) is 12.2. The zero-order chi connectivity index (χ0) is 16.8. The lowest BCUT2D eigenvalue weighted by Gasteiger charge is -1.95. The normalized spacial score (nSPS) is 10.4. The number of nitrogens with zero attached hydrogens (tertiary/aromatic N) is 1. The number of carbonyl (C=O) groups is 1. The predicted octanol–water partition coefficient (Wildman–Crippen LogP) is 0.356. The lowest BCUT2D eigenvalue weighted by Crippen LogP contribution is -2.34. The number of hydrogen-bond acceptors (Lipinski definition) is 4. The van der Waals surface area contributed by atoms with Gasteiger partial charge in [0.05, 0.1) is 4.90 Å². The van der Waals surface area contributed by atoms with Crippen LogP contribution in [-0.2, 0) is 17.2 Å². The van der Waals surface area contributed by atoms with E-state index in [1.165, 1.54) is 12.1 Å². The van der Waals surface area contributed by atoms with Gasteiger partial charge in [-0.25, -0.2) is 10.4 Å². The second kappa shape index (κ2) is 7.64. The van der Waals surface area contributed by atoms with Crippen LogP contribution < -0.4 is 15.8 Å². The number of carbonyl (C=O) groups excluding carboxylic acids is 1. The van der Waals surface area contributed by atoms with Crippen LogP contribution in [0.15, 0.2) is 53.7 Å². The first kappa shape index (κ1) is 17.8. The van der Waals surface area contributed by atoms with Gasteiger partial charge in [0, 0.05) is 6.07 Å². The molecule has 0 spiro atoms. The number of hydrazine groups is 1. The van der Waals surface area contributed by atoms with Crippen LogP contribution in [-0.4, -0.2) is 18.9 Å². The van der Waals surface area contributed by atoms with E-state index in [9.17, 15) is 13.2 Å². The van der Waals surface area contributed by atoms with Gasteiger partial charge < -0.3 is 0 Å². The fraction of sp³-hybridized carbons (Fsp3) is 0.143. The molecule has 0 aliphatic heterocycles. The average Bonchev–Trinajstić information content (AvgIpc) is 2.46. The van der Waals surface area contributed by atoms with Crippen LogP contribution in [0.5, 0.6) is 0 Å². The number of nitrogens with one attached hydrogen (secondary N) is 1. The molecule has 1 heterocycles. The van der Waals surface area contributed by atoms with Gasteiger partial charge in [0.15, 0.2) is 12.4 Å². The lowest BCUT2D eigenvalue weighted by atomic mass is 10.2. The SMILES string of the molecule is C[n+]1cccc(C(=O)NN)c1.Cc1ccc(S(=O)(=O)O)cc1. The Hall–Kier alpha value is -2.29. The average molecular weight is 324 g/mol. The third-order valence-electron chi connectivity index (χ3n) is 2.65. The first-order chi connectivity index (χ1) is 10.2. The van der Waals surface area contributed by atoms with Crippen LogP contribution in [0.3, 0.4) is 0 Å². The van der Waals surface area contributed by atoms with Crippen molar-refractivity contribution in [2.24, 2.45) is 12.9 Å². The second-order valence-corrected chi connectivity index (χ2v) is 5.94. The molecule has 2 rings (SSSR count). The van der Waals surface area contributed by atoms with Crippen molar-refractivity contribution in [1.82, 2.24) is 5.43 Å². The maximum absolute atomic E-state index is 10.9. The third kappa shape index (κ3) is 5.60. The highest BCUT2D eigenvalue weighted by Gasteiger charge is 2.07. The molecule has 0 fully saturated rings. The minimum absolute atomic E-state index is 0.0666. The molecule has 0 aliphatic rings. The summed E-state index contributed by atoms with van der Waals surface area (Å²) in [4.78, 5) is 10.8. The Morgan fingerprint density at radius 3 is 2.27 bits per heavy atom. The fourth-order valence-corrected chi connectivity index (χ4v) is 2.00. The first-order valence-corrected chi connectivity index (χ1v) is 7.68. The van der Waals surface area contributed by atoms with Gasteiger partial charge in [0.1, 0.15) is 12.6 Å². The van der Waals surface area contributed by atoms with Crippen LogP contribution >= 0.6 is 0 Å². The molecular formula is C14H18N3O4S+. The van der Waals surface area contributed by atoms with Crippen molar-refractivity contribution in [3.8, 4) is 0 Å². The maximum atomic E-state index is 10.9. The van der Waals surface area contributed by atoms with Crippen molar-refractivity contribution >= 4 is 16.0 Å². The van der Waals surface area contributed by atoms with Crippen molar-refractivity contribution in [3.05, 3.63) is 59.9 Å². The van der Waals surface area contributed by atoms with Crippen molar-refractivity contribution in [2.45, 2.75) is 11.8 Å². The summed E-state index contributed by atoms with van der Waals surface area (Å²) >= 11 is 0. The van der Waals surface area contributed by atoms with Gasteiger partial charge in [-0.05, 0) is 25.1 Å². The Balaban J connectivity index is 0.000000220. The number of aromatic nitrogens is 1. The molecular weight excluding hydrogens is 306 g/mol. The highest BCUT2D eigenvalue weighted by atomic mass is 32.2. The summed E-state index contributed by atoms with van der Waals surface area (Å²) in [6.07, 6.45) is 3.54. The van der Waals surface area contributed by atoms with E-state index in [2.05, 4.69) is 5.43 Å². The number of rotatable bonds is 2. The molecule has 8 heteroatoms. The van der Waals surface area contributed by atoms with Gasteiger partial charge in [0.25, 0.3) is 16.0 Å². The molecule has 4 N–H and O–H groups in total. The number of nitrogen functional groups attached to an aromatic ring is 1. The molecule has 1 amide bonds. The van der Waals surface area contributed by atoms with Crippen LogP contribution in [0, 0.1) is 6.92 Å². The summed E-state index contributed by atoms with van der Waals surface area (Å²) in [5.41, 5.74) is 3.57. The van der Waals surface area contributed by atoms with Crippen LogP contribution in [0.2, 0.25) is 0 Å². The summed E-state index contributed by atoms with van der Waals surface area (Å²) in [6, 6.07) is 9.47. The molecule has 2 aromatic rings. The lowest BCUT2D eigenvalue weighted by molar-refractivity contribution is -0.671. The van der Waals surface area contributed by atoms with Gasteiger partial charge in [0.2, 0.25) is 0 Å². The quantitative estimate of drug-likeness (QED) is 0.243. The Labute approximate surface area is 129 Å². The zero-order valence-corrected chi connectivity index (χ0v) is 13.0. The first-order valence-electron chi connectivity index (χ1n) is 6.24. The second-order valence-electron chi connectivity index (χ2n) is 4.52. The molecule has 0 saturated carbocycles. The molecule has 1 aromatic heterocycles. The summed E-state index contributed by atoms with van der Waals surface area (Å²) < 4.78 is 31.3. The monoisotopic (exact) mass is 324 g/mol. The number of benzene rings is 1. The van der Waals surface area contributed by atoms with E-state index >= 15 is 0 Å². The van der Waals surface area contributed by atoms with Crippen molar-refractivity contribution < 1.29 is 22.3 Å². The Kier molecular flexibility index (Phi) is 6.17. The number of nitrogens with two attached hydrogens (primary N) is 1. The molecule has 7 nitrogen and oxygen atoms in total. The third-order valence-corrected chi connectivity index (χ3v) is 3.52. The molecule has 118 valence electrons. The highest BCUT2D eigenvalue weighted by molar-refractivity contribution is 7.85. The Morgan fingerprint density at radius 2 is 1.82 bits per heavy atom. The number of aryl methyl sites for hydroxylation is 2. The smallest absolute Gasteiger partial charge is 0.290 e. The molecule has 0 radical (unpaired) electrons. The fourth-order valence-electron chi connectivity index (χ4n) is 1.52. The number of amides is 1. The van der Waals surface area contributed by atoms with Crippen LogP contribution in [0.25, 0.3) is 0 Å². The maximum Gasteiger partial charge on any atom is 0.294 e.